The van der Waals surface area contributed by atoms with Crippen LogP contribution in [0.5, 0.6) is 0 Å². The van der Waals surface area contributed by atoms with Gasteiger partial charge in [0.15, 0.2) is 45.9 Å². The third-order valence-corrected chi connectivity index (χ3v) is 6.40. The van der Waals surface area contributed by atoms with E-state index in [-0.39, 0.29) is 34.4 Å². The van der Waals surface area contributed by atoms with E-state index in [9.17, 15) is 10.5 Å². The number of hydrogen-bond acceptors (Lipinski definition) is 14. The third-order valence-electron chi connectivity index (χ3n) is 6.40. The molecular weight excluding hydrogens is 568 g/mol. The summed E-state index contributed by atoms with van der Waals surface area (Å²) in [6.07, 6.45) is 3.99. The van der Waals surface area contributed by atoms with Crippen molar-refractivity contribution in [3.05, 3.63) is 59.0 Å². The molecule has 0 aromatic carbocycles. The van der Waals surface area contributed by atoms with Gasteiger partial charge in [0.2, 0.25) is 0 Å². The number of azo groups is 2. The molecule has 0 amide bonds. The van der Waals surface area contributed by atoms with Gasteiger partial charge in [0.1, 0.15) is 41.2 Å². The lowest BCUT2D eigenvalue weighted by Gasteiger charge is -2.06. The van der Waals surface area contributed by atoms with Gasteiger partial charge >= 0.3 is 0 Å². The molecule has 7 aromatic heterocycles. The third kappa shape index (κ3) is 4.14. The molecule has 0 atom stereocenters. The van der Waals surface area contributed by atoms with Crippen molar-refractivity contribution >= 4 is 34.3 Å². The smallest absolute Gasteiger partial charge is 0.197 e. The Balaban J connectivity index is 1.28. The summed E-state index contributed by atoms with van der Waals surface area (Å²) in [5, 5.41) is 62.6. The molecule has 2 N–H and O–H groups in total. The highest BCUT2D eigenvalue weighted by Gasteiger charge is 2.19. The van der Waals surface area contributed by atoms with Crippen LogP contribution in [0.1, 0.15) is 34.2 Å². The first kappa shape index (κ1) is 26.0. The SMILES string of the molecule is Cc1nn2nc(C)c(N=Nc3c(C#N)cnn3-c3cc(-n4ncc(C#N)c4N=Nc4c(C)nn5nc(C)[nH]c45)ncn3)c2[nH]1. The van der Waals surface area contributed by atoms with Crippen LogP contribution in [0.3, 0.4) is 0 Å². The molecule has 0 aliphatic carbocycles. The highest BCUT2D eigenvalue weighted by molar-refractivity contribution is 5.67. The molecule has 0 unspecified atom stereocenters. The lowest BCUT2D eigenvalue weighted by molar-refractivity contribution is 0.793. The highest BCUT2D eigenvalue weighted by atomic mass is 15.5. The molecule has 7 heterocycles. The molecule has 20 nitrogen and oxygen atoms in total. The van der Waals surface area contributed by atoms with E-state index in [0.29, 0.717) is 45.7 Å². The number of H-pyrrole nitrogens is 2. The first-order valence-electron chi connectivity index (χ1n) is 12.8. The summed E-state index contributed by atoms with van der Waals surface area (Å²) in [4.78, 5) is 14.8. The van der Waals surface area contributed by atoms with E-state index in [1.54, 1.807) is 33.8 Å². The molecule has 7 aromatic rings. The van der Waals surface area contributed by atoms with Gasteiger partial charge in [0, 0.05) is 6.07 Å². The summed E-state index contributed by atoms with van der Waals surface area (Å²) < 4.78 is 5.54. The van der Waals surface area contributed by atoms with Crippen molar-refractivity contribution in [2.24, 2.45) is 20.5 Å². The average Bonchev–Trinajstić information content (AvgIpc) is 3.84. The van der Waals surface area contributed by atoms with Crippen LogP contribution in [0.2, 0.25) is 0 Å². The number of rotatable bonds is 6. The largest absolute Gasteiger partial charge is 0.324 e. The summed E-state index contributed by atoms with van der Waals surface area (Å²) in [7, 11) is 0. The number of aromatic nitrogens is 14. The fourth-order valence-electron chi connectivity index (χ4n) is 4.42. The maximum Gasteiger partial charge on any atom is 0.197 e. The van der Waals surface area contributed by atoms with Gasteiger partial charge in [-0.05, 0) is 27.7 Å². The predicted octanol–water partition coefficient (Wildman–Crippen LogP) is 3.40. The molecule has 0 aliphatic heterocycles. The Morgan fingerprint density at radius 3 is 1.55 bits per heavy atom. The minimum atomic E-state index is 0.126. The van der Waals surface area contributed by atoms with Crippen molar-refractivity contribution in [2.45, 2.75) is 27.7 Å². The van der Waals surface area contributed by atoms with Gasteiger partial charge in [-0.1, -0.05) is 0 Å². The Kier molecular flexibility index (Phi) is 5.81. The number of aryl methyl sites for hydroxylation is 4. The van der Waals surface area contributed by atoms with Crippen molar-refractivity contribution in [3.63, 3.8) is 0 Å². The van der Waals surface area contributed by atoms with Crippen LogP contribution in [0.4, 0.5) is 23.0 Å². The summed E-state index contributed by atoms with van der Waals surface area (Å²) in [6.45, 7) is 7.13. The van der Waals surface area contributed by atoms with E-state index in [4.69, 9.17) is 0 Å². The van der Waals surface area contributed by atoms with Crippen LogP contribution >= 0.6 is 0 Å². The zero-order valence-electron chi connectivity index (χ0n) is 23.4. The van der Waals surface area contributed by atoms with Gasteiger partial charge < -0.3 is 9.97 Å². The molecule has 20 heteroatoms. The molecule has 214 valence electrons. The average molecular weight is 587 g/mol. The molecule has 0 aliphatic rings. The molecule has 0 saturated carbocycles. The van der Waals surface area contributed by atoms with Crippen LogP contribution < -0.4 is 0 Å². The molecule has 0 saturated heterocycles. The quantitative estimate of drug-likeness (QED) is 0.268. The lowest BCUT2D eigenvalue weighted by Crippen LogP contribution is -2.05. The summed E-state index contributed by atoms with van der Waals surface area (Å²) >= 11 is 0. The maximum atomic E-state index is 9.74. The van der Waals surface area contributed by atoms with E-state index in [0.717, 1.165) is 0 Å². The normalized spacial score (nSPS) is 11.9. The van der Waals surface area contributed by atoms with Gasteiger partial charge in [-0.3, -0.25) is 0 Å². The zero-order valence-corrected chi connectivity index (χ0v) is 23.4. The molecule has 44 heavy (non-hydrogen) atoms. The standard InChI is InChI=1S/C24H18N20/c1-11-19(23-31-13(3)39-43(23)37-11)33-35-21-15(6-25)8-29-41(21)17-5-18(28-10-27-17)42-22(16(7-26)9-30-42)36-34-20-12(2)38-44-24(20)32-14(4)40-44/h5,8-10H,1-4H3,(H,31,39)(H,32,40). The summed E-state index contributed by atoms with van der Waals surface area (Å²) in [5.41, 5.74) is 3.52. The molecule has 0 spiro atoms. The van der Waals surface area contributed by atoms with Crippen LogP contribution in [0.25, 0.3) is 22.9 Å². The van der Waals surface area contributed by atoms with E-state index in [1.807, 2.05) is 0 Å². The van der Waals surface area contributed by atoms with E-state index >= 15 is 0 Å². The fraction of sp³-hybridized carbons (Fsp3) is 0.167. The second-order valence-corrected chi connectivity index (χ2v) is 9.41. The fourth-order valence-corrected chi connectivity index (χ4v) is 4.42. The second-order valence-electron chi connectivity index (χ2n) is 9.41. The first-order chi connectivity index (χ1) is 21.3. The van der Waals surface area contributed by atoms with Gasteiger partial charge in [0.25, 0.3) is 0 Å². The number of hydrogen-bond donors (Lipinski definition) is 2. The Hall–Kier alpha value is -6.96. The topological polar surface area (TPSA) is 250 Å². The molecule has 0 fully saturated rings. The number of nitrogens with zero attached hydrogens (tertiary/aromatic N) is 18. The Bertz CT molecular complexity index is 2200. The number of aromatic amines is 2. The Morgan fingerprint density at radius 1 is 0.659 bits per heavy atom. The van der Waals surface area contributed by atoms with Crippen molar-refractivity contribution in [2.75, 3.05) is 0 Å². The van der Waals surface area contributed by atoms with Crippen LogP contribution in [-0.4, -0.2) is 69.2 Å². The minimum absolute atomic E-state index is 0.126. The summed E-state index contributed by atoms with van der Waals surface area (Å²) in [5.74, 6) is 2.06. The molecule has 0 bridgehead atoms. The lowest BCUT2D eigenvalue weighted by atomic mass is 10.3. The number of nitriles is 2. The van der Waals surface area contributed by atoms with E-state index < -0.39 is 0 Å². The Morgan fingerprint density at radius 2 is 1.11 bits per heavy atom. The molecule has 0 radical (unpaired) electrons. The predicted molar refractivity (Wildman–Crippen MR) is 148 cm³/mol. The van der Waals surface area contributed by atoms with Gasteiger partial charge in [-0.2, -0.15) is 40.3 Å². The highest BCUT2D eigenvalue weighted by Crippen LogP contribution is 2.31. The van der Waals surface area contributed by atoms with Crippen LogP contribution in [0, 0.1) is 50.4 Å². The van der Waals surface area contributed by atoms with Gasteiger partial charge in [0.05, 0.1) is 23.8 Å². The first-order valence-corrected chi connectivity index (χ1v) is 12.8. The monoisotopic (exact) mass is 586 g/mol. The van der Waals surface area contributed by atoms with E-state index in [1.165, 1.54) is 37.3 Å². The van der Waals surface area contributed by atoms with Gasteiger partial charge in [-0.15, -0.1) is 39.9 Å². The minimum Gasteiger partial charge on any atom is -0.324 e. The van der Waals surface area contributed by atoms with Crippen molar-refractivity contribution < 1.29 is 0 Å². The molecular formula is C24H18N20. The van der Waals surface area contributed by atoms with Crippen molar-refractivity contribution in [3.8, 4) is 23.8 Å². The summed E-state index contributed by atoms with van der Waals surface area (Å²) in [6, 6.07) is 5.69. The zero-order chi connectivity index (χ0) is 30.5. The van der Waals surface area contributed by atoms with Crippen molar-refractivity contribution in [1.29, 1.82) is 10.5 Å². The van der Waals surface area contributed by atoms with E-state index in [2.05, 4.69) is 83.1 Å². The maximum absolute atomic E-state index is 9.74. The number of fused-ring (bicyclic) bond motifs is 2. The number of nitrogens with one attached hydrogen (secondary N) is 2. The van der Waals surface area contributed by atoms with Crippen LogP contribution in [0.15, 0.2) is 45.2 Å². The van der Waals surface area contributed by atoms with Crippen LogP contribution in [-0.2, 0) is 0 Å². The molecule has 7 rings (SSSR count). The van der Waals surface area contributed by atoms with Crippen molar-refractivity contribution in [1.82, 2.24) is 69.2 Å². The second kappa shape index (κ2) is 9.85. The Labute approximate surface area is 245 Å². The van der Waals surface area contributed by atoms with Gasteiger partial charge in [-0.25, -0.2) is 9.97 Å².